The number of nitrogens with zero attached hydrogens (tertiary/aromatic N) is 4. The predicted molar refractivity (Wildman–Crippen MR) is 82.0 cm³/mol. The van der Waals surface area contributed by atoms with Crippen LogP contribution in [-0.2, 0) is 0 Å². The second-order valence-corrected chi connectivity index (χ2v) is 6.37. The summed E-state index contributed by atoms with van der Waals surface area (Å²) in [5.74, 6) is 2.08. The summed E-state index contributed by atoms with van der Waals surface area (Å²) in [6.07, 6.45) is 2.31. The van der Waals surface area contributed by atoms with E-state index in [0.29, 0.717) is 22.4 Å². The zero-order valence-corrected chi connectivity index (χ0v) is 12.8. The summed E-state index contributed by atoms with van der Waals surface area (Å²) < 4.78 is 7.20. The highest BCUT2D eigenvalue weighted by Crippen LogP contribution is 2.41. The predicted octanol–water partition coefficient (Wildman–Crippen LogP) is 2.97. The van der Waals surface area contributed by atoms with Gasteiger partial charge in [0.05, 0.1) is 23.4 Å². The molecule has 2 aromatic heterocycles. The maximum absolute atomic E-state index is 6.12. The third kappa shape index (κ3) is 2.04. The molecule has 0 aliphatic heterocycles. The lowest BCUT2D eigenvalue weighted by Gasteiger charge is -2.08. The molecule has 4 rings (SSSR count). The van der Waals surface area contributed by atoms with E-state index in [-0.39, 0.29) is 0 Å². The number of anilines is 1. The molecular formula is C13H12ClN5OS. The van der Waals surface area contributed by atoms with Crippen molar-refractivity contribution in [3.8, 4) is 16.3 Å². The van der Waals surface area contributed by atoms with Crippen LogP contribution in [0.2, 0.25) is 5.02 Å². The SMILES string of the molecule is COc1cc(N)c(Cl)cc1-c1nn2c(C3CC3)nnc2s1. The number of nitrogen functional groups attached to an aromatic ring is 1. The van der Waals surface area contributed by atoms with Gasteiger partial charge in [-0.3, -0.25) is 0 Å². The van der Waals surface area contributed by atoms with Crippen LogP contribution in [0.4, 0.5) is 5.69 Å². The average molecular weight is 322 g/mol. The minimum atomic E-state index is 0.485. The molecule has 1 aliphatic carbocycles. The molecule has 1 aliphatic rings. The first-order valence-electron chi connectivity index (χ1n) is 6.53. The summed E-state index contributed by atoms with van der Waals surface area (Å²) in [6.45, 7) is 0. The van der Waals surface area contributed by atoms with Gasteiger partial charge in [-0.05, 0) is 18.9 Å². The molecule has 2 N–H and O–H groups in total. The van der Waals surface area contributed by atoms with Crippen LogP contribution in [0.25, 0.3) is 15.5 Å². The van der Waals surface area contributed by atoms with Gasteiger partial charge < -0.3 is 10.5 Å². The summed E-state index contributed by atoms with van der Waals surface area (Å²) >= 11 is 7.58. The van der Waals surface area contributed by atoms with Crippen molar-refractivity contribution in [2.75, 3.05) is 12.8 Å². The molecule has 0 bridgehead atoms. The topological polar surface area (TPSA) is 78.3 Å². The number of hydrogen-bond donors (Lipinski definition) is 1. The Kier molecular flexibility index (Phi) is 2.80. The third-order valence-electron chi connectivity index (χ3n) is 3.51. The number of rotatable bonds is 3. The smallest absolute Gasteiger partial charge is 0.234 e. The van der Waals surface area contributed by atoms with Crippen molar-refractivity contribution in [2.45, 2.75) is 18.8 Å². The quantitative estimate of drug-likeness (QED) is 0.750. The summed E-state index contributed by atoms with van der Waals surface area (Å²) in [5, 5.41) is 14.3. The number of halogens is 1. The minimum Gasteiger partial charge on any atom is -0.496 e. The van der Waals surface area contributed by atoms with Crippen molar-refractivity contribution in [2.24, 2.45) is 0 Å². The lowest BCUT2D eigenvalue weighted by Crippen LogP contribution is -1.95. The highest BCUT2D eigenvalue weighted by Gasteiger charge is 2.30. The van der Waals surface area contributed by atoms with Gasteiger partial charge in [0, 0.05) is 12.0 Å². The fourth-order valence-corrected chi connectivity index (χ4v) is 3.27. The maximum Gasteiger partial charge on any atom is 0.234 e. The fraction of sp³-hybridized carbons (Fsp3) is 0.308. The summed E-state index contributed by atoms with van der Waals surface area (Å²) in [6, 6.07) is 3.49. The van der Waals surface area contributed by atoms with Gasteiger partial charge in [0.15, 0.2) is 10.8 Å². The summed E-state index contributed by atoms with van der Waals surface area (Å²) in [7, 11) is 1.60. The molecule has 0 atom stereocenters. The van der Waals surface area contributed by atoms with Crippen molar-refractivity contribution in [1.29, 1.82) is 0 Å². The number of fused-ring (bicyclic) bond motifs is 1. The first kappa shape index (κ1) is 12.8. The molecule has 1 aromatic carbocycles. The van der Waals surface area contributed by atoms with Crippen LogP contribution in [0.1, 0.15) is 24.6 Å². The molecule has 0 amide bonds. The molecule has 0 radical (unpaired) electrons. The van der Waals surface area contributed by atoms with E-state index < -0.39 is 0 Å². The second kappa shape index (κ2) is 4.57. The van der Waals surface area contributed by atoms with Crippen LogP contribution in [-0.4, -0.2) is 26.9 Å². The summed E-state index contributed by atoms with van der Waals surface area (Å²) in [5.41, 5.74) is 7.11. The van der Waals surface area contributed by atoms with Gasteiger partial charge in [0.25, 0.3) is 0 Å². The third-order valence-corrected chi connectivity index (χ3v) is 4.77. The zero-order valence-electron chi connectivity index (χ0n) is 11.2. The number of benzene rings is 1. The largest absolute Gasteiger partial charge is 0.496 e. The van der Waals surface area contributed by atoms with E-state index in [1.54, 1.807) is 19.2 Å². The van der Waals surface area contributed by atoms with Gasteiger partial charge in [-0.1, -0.05) is 22.9 Å². The molecule has 6 nitrogen and oxygen atoms in total. The monoisotopic (exact) mass is 321 g/mol. The molecule has 0 saturated heterocycles. The van der Waals surface area contributed by atoms with Crippen molar-refractivity contribution in [3.63, 3.8) is 0 Å². The Morgan fingerprint density at radius 1 is 1.38 bits per heavy atom. The van der Waals surface area contributed by atoms with Crippen LogP contribution < -0.4 is 10.5 Å². The molecule has 0 spiro atoms. The van der Waals surface area contributed by atoms with Crippen LogP contribution in [0.5, 0.6) is 5.75 Å². The molecule has 0 unspecified atom stereocenters. The average Bonchev–Trinajstić information content (AvgIpc) is 3.10. The van der Waals surface area contributed by atoms with Gasteiger partial charge in [-0.15, -0.1) is 10.2 Å². The van der Waals surface area contributed by atoms with Crippen LogP contribution in [0, 0.1) is 0 Å². The lowest BCUT2D eigenvalue weighted by atomic mass is 10.2. The molecule has 2 heterocycles. The van der Waals surface area contributed by atoms with Crippen LogP contribution in [0.15, 0.2) is 12.1 Å². The van der Waals surface area contributed by atoms with Crippen molar-refractivity contribution in [1.82, 2.24) is 19.8 Å². The van der Waals surface area contributed by atoms with Gasteiger partial charge >= 0.3 is 0 Å². The maximum atomic E-state index is 6.12. The molecule has 3 aromatic rings. The van der Waals surface area contributed by atoms with Gasteiger partial charge in [-0.25, -0.2) is 0 Å². The van der Waals surface area contributed by atoms with Crippen molar-refractivity contribution < 1.29 is 4.74 Å². The molecule has 1 fully saturated rings. The van der Waals surface area contributed by atoms with E-state index in [1.807, 2.05) is 4.52 Å². The minimum absolute atomic E-state index is 0.485. The van der Waals surface area contributed by atoms with E-state index in [0.717, 1.165) is 34.2 Å². The summed E-state index contributed by atoms with van der Waals surface area (Å²) in [4.78, 5) is 0.780. The fourth-order valence-electron chi connectivity index (χ4n) is 2.24. The van der Waals surface area contributed by atoms with Gasteiger partial charge in [0.2, 0.25) is 4.96 Å². The molecule has 8 heteroatoms. The Morgan fingerprint density at radius 2 is 2.19 bits per heavy atom. The molecule has 1 saturated carbocycles. The van der Waals surface area contributed by atoms with E-state index in [2.05, 4.69) is 15.3 Å². The number of hydrogen-bond acceptors (Lipinski definition) is 6. The highest BCUT2D eigenvalue weighted by molar-refractivity contribution is 7.19. The molecule has 108 valence electrons. The Balaban J connectivity index is 1.88. The highest BCUT2D eigenvalue weighted by atomic mass is 35.5. The first-order valence-corrected chi connectivity index (χ1v) is 7.72. The number of ether oxygens (including phenoxy) is 1. The van der Waals surface area contributed by atoms with E-state index in [9.17, 15) is 0 Å². The van der Waals surface area contributed by atoms with Crippen molar-refractivity contribution >= 4 is 33.6 Å². The number of methoxy groups -OCH3 is 1. The van der Waals surface area contributed by atoms with E-state index in [1.165, 1.54) is 11.3 Å². The van der Waals surface area contributed by atoms with Crippen molar-refractivity contribution in [3.05, 3.63) is 23.0 Å². The Morgan fingerprint density at radius 3 is 2.90 bits per heavy atom. The zero-order chi connectivity index (χ0) is 14.6. The molecular weight excluding hydrogens is 310 g/mol. The normalized spacial score (nSPS) is 14.8. The standard InChI is InChI=1S/C13H12ClN5OS/c1-20-10-5-9(15)8(14)4-7(10)12-18-19-11(6-2-3-6)16-17-13(19)21-12/h4-6H,2-3,15H2,1H3. The Hall–Kier alpha value is -1.86. The number of aromatic nitrogens is 4. The van der Waals surface area contributed by atoms with Crippen LogP contribution in [0.3, 0.4) is 0 Å². The second-order valence-electron chi connectivity index (χ2n) is 5.01. The lowest BCUT2D eigenvalue weighted by molar-refractivity contribution is 0.416. The van der Waals surface area contributed by atoms with Crippen LogP contribution >= 0.6 is 22.9 Å². The Labute approximate surface area is 129 Å². The first-order chi connectivity index (χ1) is 10.2. The number of nitrogens with two attached hydrogens (primary N) is 1. The Bertz CT molecular complexity index is 839. The van der Waals surface area contributed by atoms with E-state index >= 15 is 0 Å². The van der Waals surface area contributed by atoms with E-state index in [4.69, 9.17) is 22.1 Å². The van der Waals surface area contributed by atoms with Gasteiger partial charge in [0.1, 0.15) is 5.75 Å². The van der Waals surface area contributed by atoms with Gasteiger partial charge in [-0.2, -0.15) is 9.61 Å². The molecule has 21 heavy (non-hydrogen) atoms.